The van der Waals surface area contributed by atoms with Crippen molar-refractivity contribution in [3.8, 4) is 11.5 Å². The molecule has 0 atom stereocenters. The quantitative estimate of drug-likeness (QED) is 0.162. The van der Waals surface area contributed by atoms with Crippen molar-refractivity contribution in [2.45, 2.75) is 6.54 Å². The first-order valence-electron chi connectivity index (χ1n) is 11.1. The summed E-state index contributed by atoms with van der Waals surface area (Å²) in [5.41, 5.74) is 1.51. The van der Waals surface area contributed by atoms with Crippen molar-refractivity contribution in [3.63, 3.8) is 0 Å². The van der Waals surface area contributed by atoms with E-state index in [9.17, 15) is 9.18 Å². The van der Waals surface area contributed by atoms with Gasteiger partial charge >= 0.3 is 0 Å². The minimum atomic E-state index is -0.336. The van der Waals surface area contributed by atoms with Crippen molar-refractivity contribution in [1.82, 2.24) is 4.90 Å². The van der Waals surface area contributed by atoms with E-state index in [1.54, 1.807) is 42.8 Å². The Morgan fingerprint density at radius 2 is 1.72 bits per heavy atom. The summed E-state index contributed by atoms with van der Waals surface area (Å²) in [7, 11) is 0. The molecule has 178 valence electrons. The molecule has 3 aromatic carbocycles. The van der Waals surface area contributed by atoms with Gasteiger partial charge in [-0.15, -0.1) is 5.10 Å². The third-order valence-corrected chi connectivity index (χ3v) is 6.13. The maximum absolute atomic E-state index is 13.3. The predicted molar refractivity (Wildman–Crippen MR) is 139 cm³/mol. The summed E-state index contributed by atoms with van der Waals surface area (Å²) in [5, 5.41) is 8.96. The average molecular weight is 498 g/mol. The van der Waals surface area contributed by atoms with E-state index in [1.165, 1.54) is 28.8 Å². The van der Waals surface area contributed by atoms with E-state index < -0.39 is 0 Å². The molecule has 0 spiro atoms. The van der Waals surface area contributed by atoms with E-state index in [0.717, 1.165) is 11.3 Å². The van der Waals surface area contributed by atoms with Gasteiger partial charge in [-0.3, -0.25) is 9.69 Å². The van der Waals surface area contributed by atoms with Crippen LogP contribution >= 0.6 is 11.8 Å². The van der Waals surface area contributed by atoms with Crippen LogP contribution < -0.4 is 4.74 Å². The van der Waals surface area contributed by atoms with Crippen molar-refractivity contribution in [2.75, 3.05) is 0 Å². The van der Waals surface area contributed by atoms with E-state index >= 15 is 0 Å². The van der Waals surface area contributed by atoms with Gasteiger partial charge in [-0.05, 0) is 77.5 Å². The highest BCUT2D eigenvalue weighted by Crippen LogP contribution is 2.34. The van der Waals surface area contributed by atoms with Gasteiger partial charge in [0.2, 0.25) is 0 Å². The number of para-hydroxylation sites is 1. The molecule has 6 nitrogen and oxygen atoms in total. The van der Waals surface area contributed by atoms with Gasteiger partial charge in [-0.25, -0.2) is 4.39 Å². The molecule has 0 saturated carbocycles. The number of amides is 1. The van der Waals surface area contributed by atoms with Gasteiger partial charge in [0.25, 0.3) is 5.91 Å². The van der Waals surface area contributed by atoms with Crippen LogP contribution in [0.25, 0.3) is 6.08 Å². The number of nitrogens with zero attached hydrogens (tertiary/aromatic N) is 3. The first kappa shape index (κ1) is 23.3. The van der Waals surface area contributed by atoms with Gasteiger partial charge < -0.3 is 9.15 Å². The topological polar surface area (TPSA) is 67.4 Å². The predicted octanol–water partition coefficient (Wildman–Crippen LogP) is 6.72. The summed E-state index contributed by atoms with van der Waals surface area (Å²) in [6, 6.07) is 26.5. The van der Waals surface area contributed by atoms with Crippen LogP contribution in [0.5, 0.6) is 11.5 Å². The van der Waals surface area contributed by atoms with Crippen molar-refractivity contribution < 1.29 is 18.3 Å². The number of furan rings is 1. The van der Waals surface area contributed by atoms with Crippen molar-refractivity contribution in [3.05, 3.63) is 125 Å². The normalized spacial score (nSPS) is 15.9. The summed E-state index contributed by atoms with van der Waals surface area (Å²) < 4.78 is 24.6. The fourth-order valence-electron chi connectivity index (χ4n) is 3.42. The van der Waals surface area contributed by atoms with E-state index in [1.807, 2.05) is 54.6 Å². The number of ether oxygens (including phenoxy) is 1. The van der Waals surface area contributed by atoms with Crippen molar-refractivity contribution in [2.24, 2.45) is 10.2 Å². The summed E-state index contributed by atoms with van der Waals surface area (Å²) in [5.74, 6) is 1.47. The second-order valence-electron chi connectivity index (χ2n) is 7.75. The number of thioether (sulfide) groups is 1. The third kappa shape index (κ3) is 5.79. The van der Waals surface area contributed by atoms with Crippen LogP contribution in [0.4, 0.5) is 4.39 Å². The molecule has 0 N–H and O–H groups in total. The number of amidine groups is 1. The summed E-state index contributed by atoms with van der Waals surface area (Å²) in [6.45, 7) is 0.217. The molecular formula is C28H20FN3O3S. The lowest BCUT2D eigenvalue weighted by molar-refractivity contribution is -0.122. The Morgan fingerprint density at radius 3 is 2.50 bits per heavy atom. The molecule has 1 aromatic heterocycles. The van der Waals surface area contributed by atoms with Crippen LogP contribution in [0, 0.1) is 5.82 Å². The molecule has 1 aliphatic rings. The average Bonchev–Trinajstić information content (AvgIpc) is 3.51. The zero-order chi connectivity index (χ0) is 24.7. The first-order chi connectivity index (χ1) is 17.6. The second-order valence-corrected chi connectivity index (χ2v) is 8.76. The van der Waals surface area contributed by atoms with Gasteiger partial charge in [0, 0.05) is 0 Å². The van der Waals surface area contributed by atoms with Gasteiger partial charge in [-0.2, -0.15) is 5.10 Å². The Hall–Kier alpha value is -4.43. The maximum atomic E-state index is 13.3. The van der Waals surface area contributed by atoms with E-state index in [-0.39, 0.29) is 18.3 Å². The lowest BCUT2D eigenvalue weighted by atomic mass is 10.2. The molecule has 0 radical (unpaired) electrons. The van der Waals surface area contributed by atoms with Crippen molar-refractivity contribution in [1.29, 1.82) is 0 Å². The minimum Gasteiger partial charge on any atom is -0.467 e. The van der Waals surface area contributed by atoms with E-state index in [2.05, 4.69) is 10.2 Å². The molecule has 0 bridgehead atoms. The van der Waals surface area contributed by atoms with Gasteiger partial charge in [-0.1, -0.05) is 42.5 Å². The minimum absolute atomic E-state index is 0.217. The molecule has 0 aliphatic carbocycles. The van der Waals surface area contributed by atoms with Crippen LogP contribution in [0.3, 0.4) is 0 Å². The number of carbonyl (C=O) groups is 1. The Morgan fingerprint density at radius 1 is 0.917 bits per heavy atom. The Balaban J connectivity index is 1.37. The highest BCUT2D eigenvalue weighted by molar-refractivity contribution is 8.18. The van der Waals surface area contributed by atoms with Crippen LogP contribution in [0.2, 0.25) is 0 Å². The van der Waals surface area contributed by atoms with Crippen LogP contribution in [-0.2, 0) is 11.3 Å². The Bertz CT molecular complexity index is 1430. The monoisotopic (exact) mass is 497 g/mol. The van der Waals surface area contributed by atoms with Gasteiger partial charge in [0.05, 0.1) is 23.9 Å². The second kappa shape index (κ2) is 10.9. The first-order valence-corrected chi connectivity index (χ1v) is 11.9. The number of halogens is 1. The van der Waals surface area contributed by atoms with Crippen LogP contribution in [-0.4, -0.2) is 22.2 Å². The van der Waals surface area contributed by atoms with E-state index in [4.69, 9.17) is 9.15 Å². The molecule has 1 aliphatic heterocycles. The van der Waals surface area contributed by atoms with Crippen LogP contribution in [0.1, 0.15) is 16.9 Å². The third-order valence-electron chi connectivity index (χ3n) is 5.14. The lowest BCUT2D eigenvalue weighted by Crippen LogP contribution is -2.28. The number of carbonyl (C=O) groups excluding carboxylic acids is 1. The summed E-state index contributed by atoms with van der Waals surface area (Å²) >= 11 is 1.20. The fraction of sp³-hybridized carbons (Fsp3) is 0.0357. The fourth-order valence-corrected chi connectivity index (χ4v) is 4.35. The Labute approximate surface area is 211 Å². The molecule has 5 rings (SSSR count). The molecular weight excluding hydrogens is 477 g/mol. The number of hydrogen-bond acceptors (Lipinski definition) is 6. The summed E-state index contributed by atoms with van der Waals surface area (Å²) in [4.78, 5) is 15.1. The number of rotatable bonds is 7. The molecule has 36 heavy (non-hydrogen) atoms. The molecule has 1 fully saturated rings. The molecule has 1 amide bonds. The lowest BCUT2D eigenvalue weighted by Gasteiger charge is -2.12. The molecule has 0 unspecified atom stereocenters. The van der Waals surface area contributed by atoms with Crippen LogP contribution in [0.15, 0.2) is 117 Å². The van der Waals surface area contributed by atoms with E-state index in [0.29, 0.717) is 27.1 Å². The number of benzene rings is 3. The largest absolute Gasteiger partial charge is 0.467 e. The SMILES string of the molecule is O=C1/C(=C/c2ccc(F)cc2)S/C(=N\N=C\c2cccc(Oc3ccccc3)c2)N1Cc1ccco1. The highest BCUT2D eigenvalue weighted by Gasteiger charge is 2.34. The molecule has 2 heterocycles. The standard InChI is InChI=1S/C28H20FN3O3S/c29-22-13-11-20(12-14-22)17-26-27(33)32(19-25-10-5-15-34-25)28(36-26)31-30-18-21-6-4-9-24(16-21)35-23-7-2-1-3-8-23/h1-18H,19H2/b26-17-,30-18+,31-28-. The van der Waals surface area contributed by atoms with Crippen molar-refractivity contribution >= 4 is 35.1 Å². The highest BCUT2D eigenvalue weighted by atomic mass is 32.2. The number of hydrogen-bond donors (Lipinski definition) is 0. The van der Waals surface area contributed by atoms with Gasteiger partial charge in [0.15, 0.2) is 5.17 Å². The summed E-state index contributed by atoms with van der Waals surface area (Å²) in [6.07, 6.45) is 4.86. The zero-order valence-corrected chi connectivity index (χ0v) is 19.8. The zero-order valence-electron chi connectivity index (χ0n) is 19.0. The molecule has 8 heteroatoms. The van der Waals surface area contributed by atoms with Gasteiger partial charge in [0.1, 0.15) is 23.1 Å². The Kier molecular flexibility index (Phi) is 7.05. The maximum Gasteiger partial charge on any atom is 0.267 e. The molecule has 1 saturated heterocycles. The molecule has 4 aromatic rings. The smallest absolute Gasteiger partial charge is 0.267 e.